The van der Waals surface area contributed by atoms with Crippen LogP contribution in [0.15, 0.2) is 48.7 Å². The number of nitrogens with zero attached hydrogens (tertiary/aromatic N) is 1. The zero-order chi connectivity index (χ0) is 16.7. The fourth-order valence-corrected chi connectivity index (χ4v) is 1.45. The van der Waals surface area contributed by atoms with Gasteiger partial charge in [-0.15, -0.1) is 0 Å². The molecule has 2 rings (SSSR count). The van der Waals surface area contributed by atoms with E-state index in [4.69, 9.17) is 0 Å². The van der Waals surface area contributed by atoms with Gasteiger partial charge < -0.3 is 0 Å². The highest BCUT2D eigenvalue weighted by atomic mass is 16.1. The number of benzene rings is 1. The predicted molar refractivity (Wildman–Crippen MR) is 92.9 cm³/mol. The molecule has 0 amide bonds. The molecule has 0 saturated heterocycles. The van der Waals surface area contributed by atoms with Gasteiger partial charge in [-0.25, -0.2) is 0 Å². The summed E-state index contributed by atoms with van der Waals surface area (Å²) in [6.07, 6.45) is 1.64. The van der Waals surface area contributed by atoms with Crippen LogP contribution in [-0.2, 0) is 0 Å². The summed E-state index contributed by atoms with van der Waals surface area (Å²) < 4.78 is 0. The number of rotatable bonds is 2. The van der Waals surface area contributed by atoms with Gasteiger partial charge in [0.05, 0.1) is 0 Å². The molecule has 116 valence electrons. The van der Waals surface area contributed by atoms with E-state index in [9.17, 15) is 4.79 Å². The lowest BCUT2D eigenvalue weighted by Crippen LogP contribution is -2.05. The van der Waals surface area contributed by atoms with E-state index in [-0.39, 0.29) is 5.78 Å². The second kappa shape index (κ2) is 14.4. The Hall–Kier alpha value is -1.96. The Balaban J connectivity index is 0. The number of carbonyl (C=O) groups is 1. The number of hydrogen-bond donors (Lipinski definition) is 0. The summed E-state index contributed by atoms with van der Waals surface area (Å²) in [7, 11) is 0. The number of hydrogen-bond acceptors (Lipinski definition) is 2. The average molecular weight is 287 g/mol. The van der Waals surface area contributed by atoms with Gasteiger partial charge in [-0.05, 0) is 18.6 Å². The van der Waals surface area contributed by atoms with Crippen LogP contribution in [0, 0.1) is 6.92 Å². The smallest absolute Gasteiger partial charge is 0.211 e. The van der Waals surface area contributed by atoms with Crippen molar-refractivity contribution in [2.24, 2.45) is 0 Å². The van der Waals surface area contributed by atoms with Crippen LogP contribution in [0.4, 0.5) is 0 Å². The minimum Gasteiger partial charge on any atom is -0.287 e. The molecule has 1 aromatic heterocycles. The maximum Gasteiger partial charge on any atom is 0.211 e. The molecule has 0 aliphatic heterocycles. The van der Waals surface area contributed by atoms with Gasteiger partial charge in [0, 0.05) is 11.8 Å². The fraction of sp³-hybridized carbons (Fsp3) is 0.368. The van der Waals surface area contributed by atoms with Crippen LogP contribution in [0.3, 0.4) is 0 Å². The Kier molecular flexibility index (Phi) is 14.7. The third-order valence-corrected chi connectivity index (χ3v) is 2.26. The molecule has 2 heteroatoms. The normalized spacial score (nSPS) is 7.95. The van der Waals surface area contributed by atoms with E-state index < -0.39 is 0 Å². The molecule has 0 atom stereocenters. The first-order chi connectivity index (χ1) is 10.3. The van der Waals surface area contributed by atoms with Gasteiger partial charge in [0.2, 0.25) is 5.78 Å². The Bertz CT molecular complexity index is 478. The van der Waals surface area contributed by atoms with Crippen molar-refractivity contribution in [3.05, 3.63) is 65.5 Å². The summed E-state index contributed by atoms with van der Waals surface area (Å²) >= 11 is 0. The largest absolute Gasteiger partial charge is 0.287 e. The standard InChI is InChI=1S/C13H11NO.3C2H6/c1-10-6-5-9-14-12(10)13(15)11-7-3-2-4-8-11;3*1-2/h2-9H,1H3;3*1-2H3. The van der Waals surface area contributed by atoms with E-state index >= 15 is 0 Å². The molecule has 2 nitrogen and oxygen atoms in total. The molecule has 0 spiro atoms. The highest BCUT2D eigenvalue weighted by Gasteiger charge is 2.11. The molecular weight excluding hydrogens is 258 g/mol. The minimum atomic E-state index is -0.0197. The summed E-state index contributed by atoms with van der Waals surface area (Å²) in [6.45, 7) is 13.9. The van der Waals surface area contributed by atoms with Crippen LogP contribution in [0.25, 0.3) is 0 Å². The maximum atomic E-state index is 12.0. The lowest BCUT2D eigenvalue weighted by molar-refractivity contribution is 0.103. The lowest BCUT2D eigenvalue weighted by Gasteiger charge is -2.02. The predicted octanol–water partition coefficient (Wildman–Crippen LogP) is 5.70. The van der Waals surface area contributed by atoms with Crippen molar-refractivity contribution in [1.82, 2.24) is 4.98 Å². The van der Waals surface area contributed by atoms with Crippen LogP contribution in [0.2, 0.25) is 0 Å². The van der Waals surface area contributed by atoms with Crippen LogP contribution >= 0.6 is 0 Å². The van der Waals surface area contributed by atoms with Crippen molar-refractivity contribution in [1.29, 1.82) is 0 Å². The molecule has 1 heterocycles. The Morgan fingerprint density at radius 3 is 1.81 bits per heavy atom. The van der Waals surface area contributed by atoms with Crippen molar-refractivity contribution in [2.45, 2.75) is 48.5 Å². The number of aromatic nitrogens is 1. The minimum absolute atomic E-state index is 0.0197. The molecule has 2 aromatic rings. The average Bonchev–Trinajstić information content (AvgIpc) is 2.61. The summed E-state index contributed by atoms with van der Waals surface area (Å²) in [6, 6.07) is 12.9. The molecule has 0 aliphatic rings. The second-order valence-corrected chi connectivity index (χ2v) is 3.36. The molecule has 0 saturated carbocycles. The number of aryl methyl sites for hydroxylation is 1. The SMILES string of the molecule is CC.CC.CC.Cc1cccnc1C(=O)c1ccccc1. The van der Waals surface area contributed by atoms with Crippen molar-refractivity contribution in [3.63, 3.8) is 0 Å². The molecule has 0 N–H and O–H groups in total. The summed E-state index contributed by atoms with van der Waals surface area (Å²) in [5, 5.41) is 0. The number of carbonyl (C=O) groups excluding carboxylic acids is 1. The number of pyridine rings is 1. The van der Waals surface area contributed by atoms with Gasteiger partial charge in [0.1, 0.15) is 5.69 Å². The summed E-state index contributed by atoms with van der Waals surface area (Å²) in [5.74, 6) is -0.0197. The van der Waals surface area contributed by atoms with Gasteiger partial charge in [-0.2, -0.15) is 0 Å². The van der Waals surface area contributed by atoms with Crippen LogP contribution in [-0.4, -0.2) is 10.8 Å². The van der Waals surface area contributed by atoms with E-state index in [1.54, 1.807) is 18.3 Å². The molecule has 0 radical (unpaired) electrons. The molecule has 0 fully saturated rings. The van der Waals surface area contributed by atoms with Crippen LogP contribution < -0.4 is 0 Å². The molecule has 0 unspecified atom stereocenters. The molecule has 21 heavy (non-hydrogen) atoms. The molecule has 1 aromatic carbocycles. The van der Waals surface area contributed by atoms with E-state index in [0.717, 1.165) is 5.56 Å². The van der Waals surface area contributed by atoms with Crippen molar-refractivity contribution >= 4 is 5.78 Å². The van der Waals surface area contributed by atoms with Crippen molar-refractivity contribution in [2.75, 3.05) is 0 Å². The molecule has 0 bridgehead atoms. The Morgan fingerprint density at radius 1 is 0.810 bits per heavy atom. The Labute approximate surface area is 130 Å². The van der Waals surface area contributed by atoms with Gasteiger partial charge >= 0.3 is 0 Å². The zero-order valence-corrected chi connectivity index (χ0v) is 14.5. The highest BCUT2D eigenvalue weighted by molar-refractivity contribution is 6.08. The third kappa shape index (κ3) is 7.40. The quantitative estimate of drug-likeness (QED) is 0.663. The second-order valence-electron chi connectivity index (χ2n) is 3.36. The number of ketones is 1. The van der Waals surface area contributed by atoms with Gasteiger partial charge in [0.25, 0.3) is 0 Å². The van der Waals surface area contributed by atoms with Gasteiger partial charge in [-0.3, -0.25) is 9.78 Å². The third-order valence-electron chi connectivity index (χ3n) is 2.26. The fourth-order valence-electron chi connectivity index (χ4n) is 1.45. The first-order valence-corrected chi connectivity index (χ1v) is 7.80. The Morgan fingerprint density at radius 2 is 1.33 bits per heavy atom. The van der Waals surface area contributed by atoms with E-state index in [0.29, 0.717) is 11.3 Å². The van der Waals surface area contributed by atoms with Crippen molar-refractivity contribution in [3.8, 4) is 0 Å². The first-order valence-electron chi connectivity index (χ1n) is 7.80. The van der Waals surface area contributed by atoms with Crippen LogP contribution in [0.5, 0.6) is 0 Å². The van der Waals surface area contributed by atoms with Crippen molar-refractivity contribution < 1.29 is 4.79 Å². The topological polar surface area (TPSA) is 30.0 Å². The summed E-state index contributed by atoms with van der Waals surface area (Å²) in [4.78, 5) is 16.1. The monoisotopic (exact) mass is 287 g/mol. The van der Waals surface area contributed by atoms with Crippen LogP contribution in [0.1, 0.15) is 63.2 Å². The molecular formula is C19H29NO. The highest BCUT2D eigenvalue weighted by Crippen LogP contribution is 2.10. The summed E-state index contributed by atoms with van der Waals surface area (Å²) in [5.41, 5.74) is 2.12. The van der Waals surface area contributed by atoms with E-state index in [1.807, 2.05) is 78.8 Å². The first kappa shape index (κ1) is 21.3. The molecule has 0 aliphatic carbocycles. The van der Waals surface area contributed by atoms with Gasteiger partial charge in [-0.1, -0.05) is 77.9 Å². The zero-order valence-electron chi connectivity index (χ0n) is 14.5. The van der Waals surface area contributed by atoms with Gasteiger partial charge in [0.15, 0.2) is 0 Å². The lowest BCUT2D eigenvalue weighted by atomic mass is 10.0. The van der Waals surface area contributed by atoms with E-state index in [1.165, 1.54) is 0 Å². The van der Waals surface area contributed by atoms with E-state index in [2.05, 4.69) is 4.98 Å². The maximum absolute atomic E-state index is 12.0.